The Balaban J connectivity index is 1.43. The molecular formula is C25H18N2O2. The summed E-state index contributed by atoms with van der Waals surface area (Å²) in [6.45, 7) is 0. The average molecular weight is 378 g/mol. The van der Waals surface area contributed by atoms with Gasteiger partial charge in [-0.3, -0.25) is 9.78 Å². The molecule has 6 rings (SSSR count). The van der Waals surface area contributed by atoms with E-state index >= 15 is 0 Å². The average Bonchev–Trinajstić information content (AvgIpc) is 3.36. The third kappa shape index (κ3) is 2.60. The number of rotatable bonds is 3. The zero-order valence-corrected chi connectivity index (χ0v) is 15.7. The highest BCUT2D eigenvalue weighted by Crippen LogP contribution is 2.50. The van der Waals surface area contributed by atoms with Gasteiger partial charge in [0.05, 0.1) is 23.4 Å². The molecule has 1 aliphatic rings. The molecule has 0 bridgehead atoms. The lowest BCUT2D eigenvalue weighted by atomic mass is 10.0. The molecule has 0 aliphatic heterocycles. The Labute approximate surface area is 167 Å². The molecule has 0 N–H and O–H groups in total. The zero-order chi connectivity index (χ0) is 19.4. The second-order valence-electron chi connectivity index (χ2n) is 7.65. The third-order valence-electron chi connectivity index (χ3n) is 5.91. The van der Waals surface area contributed by atoms with Crippen LogP contribution in [-0.2, 0) is 0 Å². The van der Waals surface area contributed by atoms with Crippen molar-refractivity contribution in [1.82, 2.24) is 9.55 Å². The van der Waals surface area contributed by atoms with Gasteiger partial charge in [-0.25, -0.2) is 0 Å². The van der Waals surface area contributed by atoms with E-state index in [1.54, 1.807) is 12.5 Å². The van der Waals surface area contributed by atoms with Gasteiger partial charge in [-0.05, 0) is 41.6 Å². The van der Waals surface area contributed by atoms with Gasteiger partial charge < -0.3 is 8.98 Å². The fraction of sp³-hybridized carbons (Fsp3) is 0.120. The van der Waals surface area contributed by atoms with Crippen LogP contribution in [0.15, 0.2) is 94.7 Å². The lowest BCUT2D eigenvalue weighted by Gasteiger charge is -2.10. The maximum absolute atomic E-state index is 13.4. The van der Waals surface area contributed by atoms with Crippen LogP contribution in [0, 0.1) is 0 Å². The first-order valence-electron chi connectivity index (χ1n) is 9.82. The van der Waals surface area contributed by atoms with Gasteiger partial charge in [0.2, 0.25) is 0 Å². The molecule has 29 heavy (non-hydrogen) atoms. The zero-order valence-electron chi connectivity index (χ0n) is 15.7. The summed E-state index contributed by atoms with van der Waals surface area (Å²) in [7, 11) is 0. The Kier molecular flexibility index (Phi) is 3.47. The van der Waals surface area contributed by atoms with E-state index in [1.807, 2.05) is 59.3 Å². The van der Waals surface area contributed by atoms with Crippen LogP contribution >= 0.6 is 0 Å². The first kappa shape index (κ1) is 16.3. The van der Waals surface area contributed by atoms with Crippen molar-refractivity contribution in [2.24, 2.45) is 0 Å². The van der Waals surface area contributed by atoms with E-state index in [0.29, 0.717) is 0 Å². The molecule has 3 heterocycles. The Morgan fingerprint density at radius 2 is 1.83 bits per heavy atom. The maximum Gasteiger partial charge on any atom is 0.259 e. The number of pyridine rings is 2. The van der Waals surface area contributed by atoms with Crippen molar-refractivity contribution in [1.29, 1.82) is 0 Å². The lowest BCUT2D eigenvalue weighted by molar-refractivity contribution is 0.568. The highest BCUT2D eigenvalue weighted by atomic mass is 16.3. The Morgan fingerprint density at radius 3 is 2.72 bits per heavy atom. The molecule has 2 atom stereocenters. The van der Waals surface area contributed by atoms with Gasteiger partial charge >= 0.3 is 0 Å². The highest BCUT2D eigenvalue weighted by molar-refractivity contribution is 5.95. The highest BCUT2D eigenvalue weighted by Gasteiger charge is 2.41. The number of hydrogen-bond acceptors (Lipinski definition) is 3. The van der Waals surface area contributed by atoms with Crippen molar-refractivity contribution in [3.05, 3.63) is 102 Å². The first-order valence-corrected chi connectivity index (χ1v) is 9.82. The van der Waals surface area contributed by atoms with Crippen LogP contribution in [0.25, 0.3) is 32.8 Å². The summed E-state index contributed by atoms with van der Waals surface area (Å²) in [5, 5.41) is 2.83. The summed E-state index contributed by atoms with van der Waals surface area (Å²) in [6.07, 6.45) is 6.18. The number of benzene rings is 2. The summed E-state index contributed by atoms with van der Waals surface area (Å²) >= 11 is 0. The van der Waals surface area contributed by atoms with E-state index < -0.39 is 0 Å². The quantitative estimate of drug-likeness (QED) is 0.414. The Hall–Kier alpha value is -3.66. The number of furan rings is 1. The topological polar surface area (TPSA) is 48.0 Å². The van der Waals surface area contributed by atoms with Crippen molar-refractivity contribution in [2.75, 3.05) is 0 Å². The summed E-state index contributed by atoms with van der Waals surface area (Å²) in [5.74, 6) is 0.274. The van der Waals surface area contributed by atoms with Crippen LogP contribution in [0.3, 0.4) is 0 Å². The van der Waals surface area contributed by atoms with Crippen LogP contribution in [-0.4, -0.2) is 9.55 Å². The number of aromatic nitrogens is 2. The molecule has 2 aromatic carbocycles. The van der Waals surface area contributed by atoms with Crippen LogP contribution in [0.2, 0.25) is 0 Å². The minimum absolute atomic E-state index is 0.0487. The smallest absolute Gasteiger partial charge is 0.259 e. The van der Waals surface area contributed by atoms with Gasteiger partial charge in [0.25, 0.3) is 5.56 Å². The van der Waals surface area contributed by atoms with Gasteiger partial charge in [-0.15, -0.1) is 0 Å². The number of nitrogens with zero attached hydrogens (tertiary/aromatic N) is 2. The predicted octanol–water partition coefficient (Wildman–Crippen LogP) is 5.54. The second-order valence-corrected chi connectivity index (χ2v) is 7.65. The molecule has 140 valence electrons. The maximum atomic E-state index is 13.4. The van der Waals surface area contributed by atoms with E-state index in [2.05, 4.69) is 18.2 Å². The summed E-state index contributed by atoms with van der Waals surface area (Å²) in [6, 6.07) is 22.4. The van der Waals surface area contributed by atoms with Gasteiger partial charge in [0.15, 0.2) is 0 Å². The summed E-state index contributed by atoms with van der Waals surface area (Å²) in [5.41, 5.74) is 3.95. The van der Waals surface area contributed by atoms with E-state index in [9.17, 15) is 4.79 Å². The molecular weight excluding hydrogens is 360 g/mol. The van der Waals surface area contributed by atoms with Crippen LogP contribution in [0.4, 0.5) is 0 Å². The molecule has 0 spiro atoms. The molecule has 4 nitrogen and oxygen atoms in total. The van der Waals surface area contributed by atoms with Gasteiger partial charge in [-0.2, -0.15) is 0 Å². The Bertz CT molecular complexity index is 1420. The molecule has 0 saturated heterocycles. The lowest BCUT2D eigenvalue weighted by Crippen LogP contribution is -2.19. The number of para-hydroxylation sites is 1. The van der Waals surface area contributed by atoms with Crippen molar-refractivity contribution in [3.63, 3.8) is 0 Å². The minimum Gasteiger partial charge on any atom is -0.472 e. The normalized spacial score (nSPS) is 18.3. The van der Waals surface area contributed by atoms with Gasteiger partial charge in [0, 0.05) is 34.8 Å². The first-order chi connectivity index (χ1) is 14.3. The SMILES string of the molecule is O=c1c2c(-c3ccoc3)cccc2ccn1C1CC1c1ccc2ccccc2n1. The molecule has 3 aromatic heterocycles. The van der Waals surface area contributed by atoms with E-state index in [0.717, 1.165) is 44.9 Å². The fourth-order valence-corrected chi connectivity index (χ4v) is 4.32. The van der Waals surface area contributed by atoms with Crippen LogP contribution in [0.1, 0.15) is 24.1 Å². The van der Waals surface area contributed by atoms with E-state index in [-0.39, 0.29) is 17.5 Å². The molecule has 2 unspecified atom stereocenters. The second kappa shape index (κ2) is 6.17. The van der Waals surface area contributed by atoms with E-state index in [4.69, 9.17) is 9.40 Å². The van der Waals surface area contributed by atoms with Crippen molar-refractivity contribution in [2.45, 2.75) is 18.4 Å². The predicted molar refractivity (Wildman–Crippen MR) is 114 cm³/mol. The van der Waals surface area contributed by atoms with Crippen LogP contribution in [0.5, 0.6) is 0 Å². The standard InChI is InChI=1S/C25H18N2O2/c28-25-24-17(5-3-6-19(24)18-11-13-29-15-18)10-12-27(25)23-14-20(23)22-9-8-16-4-1-2-7-21(16)26-22/h1-13,15,20,23H,14H2. The largest absolute Gasteiger partial charge is 0.472 e. The molecule has 0 amide bonds. The van der Waals surface area contributed by atoms with Crippen molar-refractivity contribution < 1.29 is 4.42 Å². The van der Waals surface area contributed by atoms with Gasteiger partial charge in [-0.1, -0.05) is 42.5 Å². The molecule has 5 aromatic rings. The fourth-order valence-electron chi connectivity index (χ4n) is 4.32. The molecule has 0 radical (unpaired) electrons. The monoisotopic (exact) mass is 378 g/mol. The molecule has 1 aliphatic carbocycles. The Morgan fingerprint density at radius 1 is 0.931 bits per heavy atom. The third-order valence-corrected chi connectivity index (χ3v) is 5.91. The van der Waals surface area contributed by atoms with Gasteiger partial charge in [0.1, 0.15) is 0 Å². The van der Waals surface area contributed by atoms with Crippen molar-refractivity contribution >= 4 is 21.7 Å². The minimum atomic E-state index is 0.0487. The summed E-state index contributed by atoms with van der Waals surface area (Å²) < 4.78 is 7.12. The molecule has 1 saturated carbocycles. The summed E-state index contributed by atoms with van der Waals surface area (Å²) in [4.78, 5) is 18.3. The molecule has 1 fully saturated rings. The molecule has 4 heteroatoms. The van der Waals surface area contributed by atoms with Crippen LogP contribution < -0.4 is 5.56 Å². The van der Waals surface area contributed by atoms with E-state index in [1.165, 1.54) is 0 Å². The number of hydrogen-bond donors (Lipinski definition) is 0. The van der Waals surface area contributed by atoms with Crippen molar-refractivity contribution in [3.8, 4) is 11.1 Å². The number of fused-ring (bicyclic) bond motifs is 2.